The van der Waals surface area contributed by atoms with Crippen LogP contribution in [0.25, 0.3) is 0 Å². The Balaban J connectivity index is 1.27. The highest BCUT2D eigenvalue weighted by atomic mass is 16.3. The van der Waals surface area contributed by atoms with Gasteiger partial charge in [0.05, 0.1) is 18.8 Å². The third-order valence-electron chi connectivity index (χ3n) is 7.71. The largest absolute Gasteiger partial charge is 0.395 e. The van der Waals surface area contributed by atoms with Crippen molar-refractivity contribution in [2.24, 2.45) is 7.05 Å². The maximum Gasteiger partial charge on any atom is 0.290 e. The van der Waals surface area contributed by atoms with Gasteiger partial charge in [-0.1, -0.05) is 26.0 Å². The van der Waals surface area contributed by atoms with Gasteiger partial charge in [-0.05, 0) is 37.6 Å². The van der Waals surface area contributed by atoms with Crippen LogP contribution in [0.5, 0.6) is 0 Å². The van der Waals surface area contributed by atoms with Gasteiger partial charge in [0.25, 0.3) is 11.5 Å². The number of nitrogens with zero attached hydrogens (tertiary/aromatic N) is 6. The molecule has 5 rings (SSSR count). The topological polar surface area (TPSA) is 121 Å². The van der Waals surface area contributed by atoms with E-state index < -0.39 is 0 Å². The van der Waals surface area contributed by atoms with Crippen molar-refractivity contribution in [2.75, 3.05) is 43.5 Å². The summed E-state index contributed by atoms with van der Waals surface area (Å²) in [5.74, 6) is 1.20. The molecule has 0 aliphatic carbocycles. The smallest absolute Gasteiger partial charge is 0.290 e. The lowest BCUT2D eigenvalue weighted by Gasteiger charge is -2.34. The summed E-state index contributed by atoms with van der Waals surface area (Å²) in [4.78, 5) is 30.2. The molecule has 0 saturated carbocycles. The van der Waals surface area contributed by atoms with Crippen LogP contribution in [0.2, 0.25) is 0 Å². The molecule has 1 fully saturated rings. The number of aliphatic hydroxyl groups excluding tert-OH is 1. The number of carbonyl (C=O) groups excluding carboxylic acids is 1. The lowest BCUT2D eigenvalue weighted by molar-refractivity contribution is 0.0933. The number of hydrogen-bond acceptors (Lipinski definition) is 8. The SMILES string of the molecule is CN1CCn2nc(Nc3cc(N4CCC[C@@H](NC(=O)c5ccc(C(C)(C)CO)cc5)C4)nn(C)c3=O)cc2C1. The van der Waals surface area contributed by atoms with Crippen LogP contribution < -0.4 is 21.1 Å². The lowest BCUT2D eigenvalue weighted by Crippen LogP contribution is -2.48. The molecule has 1 saturated heterocycles. The third kappa shape index (κ3) is 5.84. The molecule has 39 heavy (non-hydrogen) atoms. The number of anilines is 3. The van der Waals surface area contributed by atoms with E-state index in [0.29, 0.717) is 29.4 Å². The van der Waals surface area contributed by atoms with Crippen LogP contribution in [0.1, 0.15) is 48.3 Å². The van der Waals surface area contributed by atoms with Crippen LogP contribution >= 0.6 is 0 Å². The summed E-state index contributed by atoms with van der Waals surface area (Å²) in [5.41, 5.74) is 2.52. The normalized spacial score (nSPS) is 18.1. The molecular weight excluding hydrogens is 496 g/mol. The summed E-state index contributed by atoms with van der Waals surface area (Å²) in [5, 5.41) is 25.1. The zero-order valence-corrected chi connectivity index (χ0v) is 23.1. The fourth-order valence-electron chi connectivity index (χ4n) is 5.17. The van der Waals surface area contributed by atoms with Gasteiger partial charge in [0.2, 0.25) is 0 Å². The van der Waals surface area contributed by atoms with Crippen molar-refractivity contribution >= 4 is 23.2 Å². The van der Waals surface area contributed by atoms with Gasteiger partial charge in [0, 0.05) is 62.4 Å². The molecule has 3 N–H and O–H groups in total. The second kappa shape index (κ2) is 10.8. The molecule has 2 aliphatic heterocycles. The molecule has 1 atom stereocenters. The minimum Gasteiger partial charge on any atom is -0.395 e. The zero-order chi connectivity index (χ0) is 27.7. The van der Waals surface area contributed by atoms with E-state index in [9.17, 15) is 14.7 Å². The Morgan fingerprint density at radius 3 is 2.62 bits per heavy atom. The number of rotatable bonds is 7. The molecule has 11 nitrogen and oxygen atoms in total. The van der Waals surface area contributed by atoms with Gasteiger partial charge in [-0.3, -0.25) is 19.2 Å². The van der Waals surface area contributed by atoms with E-state index >= 15 is 0 Å². The van der Waals surface area contributed by atoms with Crippen molar-refractivity contribution in [3.63, 3.8) is 0 Å². The number of piperidine rings is 1. The number of aryl methyl sites for hydroxylation is 1. The molecule has 0 radical (unpaired) electrons. The Labute approximate surface area is 228 Å². The van der Waals surface area contributed by atoms with Crippen LogP contribution in [0.3, 0.4) is 0 Å². The van der Waals surface area contributed by atoms with Gasteiger partial charge in [-0.15, -0.1) is 0 Å². The number of aliphatic hydroxyl groups is 1. The Morgan fingerprint density at radius 1 is 1.10 bits per heavy atom. The first-order valence-corrected chi connectivity index (χ1v) is 13.5. The molecule has 1 amide bonds. The zero-order valence-electron chi connectivity index (χ0n) is 23.1. The average Bonchev–Trinajstić information content (AvgIpc) is 3.32. The second-order valence-electron chi connectivity index (χ2n) is 11.3. The van der Waals surface area contributed by atoms with Crippen molar-refractivity contribution in [3.05, 3.63) is 63.6 Å². The van der Waals surface area contributed by atoms with E-state index in [0.717, 1.165) is 50.3 Å². The van der Waals surface area contributed by atoms with Crippen molar-refractivity contribution in [1.29, 1.82) is 0 Å². The van der Waals surface area contributed by atoms with Crippen molar-refractivity contribution in [2.45, 2.75) is 51.2 Å². The van der Waals surface area contributed by atoms with Crippen molar-refractivity contribution < 1.29 is 9.90 Å². The quantitative estimate of drug-likeness (QED) is 0.420. The fourth-order valence-corrected chi connectivity index (χ4v) is 5.17. The number of aromatic nitrogens is 4. The van der Waals surface area contributed by atoms with Crippen LogP contribution in [0.15, 0.2) is 41.2 Å². The molecule has 0 bridgehead atoms. The molecule has 0 spiro atoms. The van der Waals surface area contributed by atoms with Gasteiger partial charge in [0.15, 0.2) is 11.6 Å². The summed E-state index contributed by atoms with van der Waals surface area (Å²) in [7, 11) is 3.73. The van der Waals surface area contributed by atoms with Crippen molar-refractivity contribution in [1.82, 2.24) is 29.8 Å². The maximum absolute atomic E-state index is 13.0. The number of likely N-dealkylation sites (N-methyl/N-ethyl adjacent to an activating group) is 1. The minimum atomic E-state index is -0.358. The number of nitrogens with one attached hydrogen (secondary N) is 2. The number of carbonyl (C=O) groups is 1. The van der Waals surface area contributed by atoms with E-state index in [1.165, 1.54) is 4.68 Å². The summed E-state index contributed by atoms with van der Waals surface area (Å²) in [6, 6.07) is 11.1. The summed E-state index contributed by atoms with van der Waals surface area (Å²) < 4.78 is 3.33. The molecular formula is C28H38N8O3. The first-order valence-electron chi connectivity index (χ1n) is 13.5. The third-order valence-corrected chi connectivity index (χ3v) is 7.71. The number of amides is 1. The molecule has 3 aromatic rings. The lowest BCUT2D eigenvalue weighted by atomic mass is 9.85. The first kappa shape index (κ1) is 26.9. The number of benzene rings is 1. The van der Waals surface area contributed by atoms with Crippen LogP contribution in [0.4, 0.5) is 17.3 Å². The highest BCUT2D eigenvalue weighted by molar-refractivity contribution is 5.94. The number of fused-ring (bicyclic) bond motifs is 1. The van der Waals surface area contributed by atoms with E-state index in [1.54, 1.807) is 25.2 Å². The van der Waals surface area contributed by atoms with E-state index in [-0.39, 0.29) is 29.5 Å². The molecule has 0 unspecified atom stereocenters. The van der Waals surface area contributed by atoms with Gasteiger partial charge < -0.3 is 20.6 Å². The predicted octanol–water partition coefficient (Wildman–Crippen LogP) is 1.83. The van der Waals surface area contributed by atoms with Gasteiger partial charge in [-0.2, -0.15) is 10.2 Å². The fraction of sp³-hybridized carbons (Fsp3) is 0.500. The van der Waals surface area contributed by atoms with Crippen LogP contribution in [0, 0.1) is 0 Å². The average molecular weight is 535 g/mol. The second-order valence-corrected chi connectivity index (χ2v) is 11.3. The first-order chi connectivity index (χ1) is 18.6. The number of hydrogen-bond donors (Lipinski definition) is 3. The van der Waals surface area contributed by atoms with Gasteiger partial charge in [0.1, 0.15) is 5.69 Å². The van der Waals surface area contributed by atoms with Crippen LogP contribution in [-0.4, -0.2) is 74.8 Å². The highest BCUT2D eigenvalue weighted by Gasteiger charge is 2.25. The monoisotopic (exact) mass is 534 g/mol. The van der Waals surface area contributed by atoms with Gasteiger partial charge >= 0.3 is 0 Å². The molecule has 4 heterocycles. The Morgan fingerprint density at radius 2 is 1.87 bits per heavy atom. The molecule has 208 valence electrons. The predicted molar refractivity (Wildman–Crippen MR) is 151 cm³/mol. The van der Waals surface area contributed by atoms with E-state index in [4.69, 9.17) is 0 Å². The summed E-state index contributed by atoms with van der Waals surface area (Å²) >= 11 is 0. The Kier molecular flexibility index (Phi) is 7.46. The van der Waals surface area contributed by atoms with Crippen molar-refractivity contribution in [3.8, 4) is 0 Å². The molecule has 11 heteroatoms. The summed E-state index contributed by atoms with van der Waals surface area (Å²) in [6.07, 6.45) is 1.76. The molecule has 2 aromatic heterocycles. The Hall–Kier alpha value is -3.70. The minimum absolute atomic E-state index is 0.0364. The van der Waals surface area contributed by atoms with Crippen LogP contribution in [-0.2, 0) is 25.6 Å². The molecule has 1 aromatic carbocycles. The molecule has 2 aliphatic rings. The summed E-state index contributed by atoms with van der Waals surface area (Å²) in [6.45, 7) is 7.93. The van der Waals surface area contributed by atoms with Gasteiger partial charge in [-0.25, -0.2) is 4.68 Å². The highest BCUT2D eigenvalue weighted by Crippen LogP contribution is 2.24. The Bertz CT molecular complexity index is 1390. The maximum atomic E-state index is 13.0. The van der Waals surface area contributed by atoms with E-state index in [1.807, 2.05) is 36.7 Å². The standard InChI is InChI=1S/C28H38N8O3/c1-28(2,18-37)20-9-7-19(8-10-20)26(38)29-21-6-5-11-35(16-21)25-15-23(27(39)34(4)32-25)30-24-14-22-17-33(3)12-13-36(22)31-24/h7-10,14-15,21,37H,5-6,11-13,16-18H2,1-4H3,(H,29,38)(H,30,31)/t21-/m1/s1. The van der Waals surface area contributed by atoms with E-state index in [2.05, 4.69) is 37.7 Å².